The lowest BCUT2D eigenvalue weighted by Gasteiger charge is -2.56. The molecule has 2 bridgehead atoms. The van der Waals surface area contributed by atoms with Gasteiger partial charge in [-0.3, -0.25) is 9.69 Å². The maximum atomic E-state index is 12.3. The monoisotopic (exact) mass is 360 g/mol. The zero-order valence-corrected chi connectivity index (χ0v) is 16.7. The number of aromatic nitrogens is 4. The SMILES string of the molecule is CC(C)N(C)Cc1nnnn1CC(=O)NCCC1=CC[C@H]2C[C@@H]1C2(C)C. The first-order valence-corrected chi connectivity index (χ1v) is 9.70. The summed E-state index contributed by atoms with van der Waals surface area (Å²) in [5.41, 5.74) is 1.97. The molecule has 0 saturated heterocycles. The van der Waals surface area contributed by atoms with Crippen molar-refractivity contribution in [2.75, 3.05) is 13.6 Å². The van der Waals surface area contributed by atoms with E-state index in [2.05, 4.69) is 59.5 Å². The predicted octanol–water partition coefficient (Wildman–Crippen LogP) is 2.01. The van der Waals surface area contributed by atoms with Crippen molar-refractivity contribution in [3.63, 3.8) is 0 Å². The lowest BCUT2D eigenvalue weighted by Crippen LogP contribution is -2.48. The first-order valence-electron chi connectivity index (χ1n) is 9.70. The van der Waals surface area contributed by atoms with Crippen molar-refractivity contribution in [2.24, 2.45) is 17.3 Å². The summed E-state index contributed by atoms with van der Waals surface area (Å²) in [5.74, 6) is 2.24. The second-order valence-corrected chi connectivity index (χ2v) is 8.68. The summed E-state index contributed by atoms with van der Waals surface area (Å²) in [4.78, 5) is 14.4. The molecule has 1 aromatic heterocycles. The average molecular weight is 361 g/mol. The van der Waals surface area contributed by atoms with E-state index in [-0.39, 0.29) is 12.5 Å². The summed E-state index contributed by atoms with van der Waals surface area (Å²) in [6, 6.07) is 0.396. The van der Waals surface area contributed by atoms with Crippen molar-refractivity contribution < 1.29 is 4.79 Å². The third kappa shape index (κ3) is 3.82. The Balaban J connectivity index is 1.45. The predicted molar refractivity (Wildman–Crippen MR) is 100 cm³/mol. The highest BCUT2D eigenvalue weighted by atomic mass is 16.2. The Labute approximate surface area is 156 Å². The number of tetrazole rings is 1. The van der Waals surface area contributed by atoms with E-state index in [9.17, 15) is 4.79 Å². The molecule has 1 heterocycles. The maximum Gasteiger partial charge on any atom is 0.241 e. The molecular weight excluding hydrogens is 328 g/mol. The lowest BCUT2D eigenvalue weighted by atomic mass is 9.48. The highest BCUT2D eigenvalue weighted by Crippen LogP contribution is 2.59. The minimum atomic E-state index is -0.0343. The zero-order valence-electron chi connectivity index (χ0n) is 16.7. The number of carbonyl (C=O) groups excluding carboxylic acids is 1. The molecule has 7 heteroatoms. The van der Waals surface area contributed by atoms with Crippen LogP contribution in [0, 0.1) is 17.3 Å². The number of amides is 1. The largest absolute Gasteiger partial charge is 0.354 e. The van der Waals surface area contributed by atoms with Crippen LogP contribution < -0.4 is 5.32 Å². The minimum absolute atomic E-state index is 0.0343. The molecule has 144 valence electrons. The number of nitrogens with one attached hydrogen (secondary N) is 1. The number of fused-ring (bicyclic) bond motifs is 1. The molecule has 1 saturated carbocycles. The number of carbonyl (C=O) groups is 1. The van der Waals surface area contributed by atoms with Gasteiger partial charge in [0.1, 0.15) is 6.54 Å². The van der Waals surface area contributed by atoms with Crippen molar-refractivity contribution in [1.82, 2.24) is 30.4 Å². The second-order valence-electron chi connectivity index (χ2n) is 8.68. The van der Waals surface area contributed by atoms with Crippen molar-refractivity contribution >= 4 is 5.91 Å². The summed E-state index contributed by atoms with van der Waals surface area (Å²) >= 11 is 0. The maximum absolute atomic E-state index is 12.3. The topological polar surface area (TPSA) is 75.9 Å². The van der Waals surface area contributed by atoms with Gasteiger partial charge in [0, 0.05) is 12.6 Å². The van der Waals surface area contributed by atoms with Crippen LogP contribution in [-0.4, -0.2) is 50.6 Å². The van der Waals surface area contributed by atoms with E-state index >= 15 is 0 Å². The van der Waals surface area contributed by atoms with E-state index in [0.29, 0.717) is 36.3 Å². The van der Waals surface area contributed by atoms with Gasteiger partial charge in [-0.05, 0) is 67.8 Å². The van der Waals surface area contributed by atoms with Crippen molar-refractivity contribution in [2.45, 2.75) is 66.1 Å². The highest BCUT2D eigenvalue weighted by Gasteiger charge is 2.50. The summed E-state index contributed by atoms with van der Waals surface area (Å²) in [5, 5.41) is 14.8. The molecule has 1 N–H and O–H groups in total. The second kappa shape index (κ2) is 7.47. The summed E-state index contributed by atoms with van der Waals surface area (Å²) in [6.07, 6.45) is 5.87. The number of rotatable bonds is 8. The molecule has 3 aliphatic carbocycles. The molecule has 0 aliphatic heterocycles. The number of hydrogen-bond acceptors (Lipinski definition) is 5. The Morgan fingerprint density at radius 2 is 2.23 bits per heavy atom. The first-order chi connectivity index (χ1) is 12.3. The molecule has 0 radical (unpaired) electrons. The molecule has 0 spiro atoms. The van der Waals surface area contributed by atoms with Gasteiger partial charge in [0.25, 0.3) is 0 Å². The fraction of sp³-hybridized carbons (Fsp3) is 0.789. The van der Waals surface area contributed by atoms with E-state index in [0.717, 1.165) is 12.3 Å². The smallest absolute Gasteiger partial charge is 0.241 e. The van der Waals surface area contributed by atoms with Gasteiger partial charge in [0.2, 0.25) is 5.91 Å². The lowest BCUT2D eigenvalue weighted by molar-refractivity contribution is -0.121. The van der Waals surface area contributed by atoms with Gasteiger partial charge >= 0.3 is 0 Å². The Hall–Kier alpha value is -1.76. The fourth-order valence-corrected chi connectivity index (χ4v) is 4.16. The third-order valence-electron chi connectivity index (χ3n) is 6.49. The summed E-state index contributed by atoms with van der Waals surface area (Å²) in [6.45, 7) is 10.5. The van der Waals surface area contributed by atoms with Gasteiger partial charge < -0.3 is 5.32 Å². The first kappa shape index (κ1) is 19.0. The van der Waals surface area contributed by atoms with Gasteiger partial charge in [-0.1, -0.05) is 25.5 Å². The third-order valence-corrected chi connectivity index (χ3v) is 6.49. The van der Waals surface area contributed by atoms with E-state index in [4.69, 9.17) is 0 Å². The van der Waals surface area contributed by atoms with Gasteiger partial charge in [-0.15, -0.1) is 5.10 Å². The molecule has 4 rings (SSSR count). The zero-order chi connectivity index (χ0) is 18.9. The van der Waals surface area contributed by atoms with Crippen LogP contribution in [0.1, 0.15) is 52.8 Å². The van der Waals surface area contributed by atoms with Crippen molar-refractivity contribution in [3.05, 3.63) is 17.5 Å². The summed E-state index contributed by atoms with van der Waals surface area (Å²) in [7, 11) is 2.02. The van der Waals surface area contributed by atoms with Crippen LogP contribution in [0.3, 0.4) is 0 Å². The molecule has 26 heavy (non-hydrogen) atoms. The molecule has 0 unspecified atom stereocenters. The van der Waals surface area contributed by atoms with Crippen molar-refractivity contribution in [3.8, 4) is 0 Å². The van der Waals surface area contributed by atoms with Crippen LogP contribution in [-0.2, 0) is 17.9 Å². The number of nitrogens with zero attached hydrogens (tertiary/aromatic N) is 5. The van der Waals surface area contributed by atoms with Crippen LogP contribution in [0.25, 0.3) is 0 Å². The van der Waals surface area contributed by atoms with Gasteiger partial charge in [0.05, 0.1) is 6.54 Å². The normalized spacial score (nSPS) is 23.7. The molecule has 2 atom stereocenters. The Bertz CT molecular complexity index is 677. The molecule has 1 fully saturated rings. The molecule has 1 amide bonds. The number of allylic oxidation sites excluding steroid dienone is 1. The highest BCUT2D eigenvalue weighted by molar-refractivity contribution is 5.75. The van der Waals surface area contributed by atoms with Gasteiger partial charge in [-0.2, -0.15) is 0 Å². The van der Waals surface area contributed by atoms with Crippen LogP contribution in [0.4, 0.5) is 0 Å². The molecule has 1 aromatic rings. The Kier molecular flexibility index (Phi) is 5.46. The van der Waals surface area contributed by atoms with Crippen LogP contribution in [0.5, 0.6) is 0 Å². The van der Waals surface area contributed by atoms with Gasteiger partial charge in [0.15, 0.2) is 5.82 Å². The summed E-state index contributed by atoms with van der Waals surface area (Å²) < 4.78 is 1.59. The van der Waals surface area contributed by atoms with E-state index in [1.54, 1.807) is 4.68 Å². The van der Waals surface area contributed by atoms with Crippen LogP contribution in [0.2, 0.25) is 0 Å². The van der Waals surface area contributed by atoms with Crippen molar-refractivity contribution in [1.29, 1.82) is 0 Å². The minimum Gasteiger partial charge on any atom is -0.354 e. The Morgan fingerprint density at radius 3 is 2.88 bits per heavy atom. The fourth-order valence-electron chi connectivity index (χ4n) is 4.16. The van der Waals surface area contributed by atoms with Crippen LogP contribution in [0.15, 0.2) is 11.6 Å². The standard InChI is InChI=1S/C19H32N6O/c1-13(2)24(5)11-17-21-22-23-25(17)12-18(26)20-9-8-14-6-7-15-10-16(14)19(15,3)4/h6,13,15-16H,7-12H2,1-5H3,(H,20,26)/t15-,16-/m0/s1. The molecule has 0 aromatic carbocycles. The quantitative estimate of drug-likeness (QED) is 0.718. The number of hydrogen-bond donors (Lipinski definition) is 1. The van der Waals surface area contributed by atoms with Gasteiger partial charge in [-0.25, -0.2) is 4.68 Å². The van der Waals surface area contributed by atoms with E-state index in [1.165, 1.54) is 18.4 Å². The van der Waals surface area contributed by atoms with E-state index in [1.807, 2.05) is 7.05 Å². The average Bonchev–Trinajstić information content (AvgIpc) is 3.01. The molecule has 7 nitrogen and oxygen atoms in total. The Morgan fingerprint density at radius 1 is 1.46 bits per heavy atom. The molecular formula is C19H32N6O. The molecule has 3 aliphatic rings. The van der Waals surface area contributed by atoms with E-state index < -0.39 is 0 Å². The van der Waals surface area contributed by atoms with Crippen LogP contribution >= 0.6 is 0 Å².